The first-order valence-corrected chi connectivity index (χ1v) is 10.9. The van der Waals surface area contributed by atoms with E-state index >= 15 is 0 Å². The monoisotopic (exact) mass is 430 g/mol. The highest BCUT2D eigenvalue weighted by Crippen LogP contribution is 2.27. The van der Waals surface area contributed by atoms with Crippen molar-refractivity contribution >= 4 is 45.9 Å². The minimum atomic E-state index is -0.413. The van der Waals surface area contributed by atoms with Crippen LogP contribution >= 0.6 is 23.4 Å². The molecule has 0 unspecified atom stereocenters. The third-order valence-electron chi connectivity index (χ3n) is 4.61. The summed E-state index contributed by atoms with van der Waals surface area (Å²) in [4.78, 5) is 27.4. The minimum absolute atomic E-state index is 0.118. The molecule has 0 radical (unpaired) electrons. The highest BCUT2D eigenvalue weighted by atomic mass is 35.5. The topological polar surface area (TPSA) is 62.6 Å². The number of fused-ring (bicyclic) bond motifs is 1. The molecule has 0 saturated heterocycles. The van der Waals surface area contributed by atoms with Crippen LogP contribution < -0.4 is 10.9 Å². The standard InChI is InChI=1S/C22H23ClN2O3S/c1-4-14-9-19-16(11-17(14)23)15(10-22(27)28-19)12-25(2)13-21(26)24-18-7-5-6-8-20(18)29-3/h5-11H,4,12-13H2,1-3H3,(H,24,26). The first-order valence-electron chi connectivity index (χ1n) is 9.27. The summed E-state index contributed by atoms with van der Waals surface area (Å²) < 4.78 is 5.35. The molecule has 1 amide bonds. The van der Waals surface area contributed by atoms with Gasteiger partial charge in [0.1, 0.15) is 5.58 Å². The summed E-state index contributed by atoms with van der Waals surface area (Å²) in [6.45, 7) is 2.60. The number of likely N-dealkylation sites (N-methyl/N-ethyl adjacent to an activating group) is 1. The molecule has 0 aliphatic rings. The highest BCUT2D eigenvalue weighted by molar-refractivity contribution is 7.98. The molecule has 152 valence electrons. The van der Waals surface area contributed by atoms with Crippen LogP contribution in [0.2, 0.25) is 5.02 Å². The Morgan fingerprint density at radius 2 is 1.97 bits per heavy atom. The fourth-order valence-corrected chi connectivity index (χ4v) is 4.07. The van der Waals surface area contributed by atoms with Gasteiger partial charge in [-0.25, -0.2) is 4.79 Å². The van der Waals surface area contributed by atoms with Crippen LogP contribution in [0.25, 0.3) is 11.0 Å². The summed E-state index contributed by atoms with van der Waals surface area (Å²) >= 11 is 7.94. The second kappa shape index (κ2) is 9.48. The maximum atomic E-state index is 12.5. The van der Waals surface area contributed by atoms with E-state index in [2.05, 4.69) is 5.32 Å². The average molecular weight is 431 g/mol. The predicted molar refractivity (Wildman–Crippen MR) is 120 cm³/mol. The number of thioether (sulfide) groups is 1. The van der Waals surface area contributed by atoms with Crippen LogP contribution in [0.1, 0.15) is 18.1 Å². The van der Waals surface area contributed by atoms with Crippen molar-refractivity contribution < 1.29 is 9.21 Å². The van der Waals surface area contributed by atoms with Crippen LogP contribution in [0.3, 0.4) is 0 Å². The maximum Gasteiger partial charge on any atom is 0.336 e. The fourth-order valence-electron chi connectivity index (χ4n) is 3.22. The Labute approximate surface area is 179 Å². The van der Waals surface area contributed by atoms with Gasteiger partial charge in [-0.3, -0.25) is 9.69 Å². The Morgan fingerprint density at radius 3 is 2.69 bits per heavy atom. The van der Waals surface area contributed by atoms with Gasteiger partial charge in [0.15, 0.2) is 0 Å². The maximum absolute atomic E-state index is 12.5. The van der Waals surface area contributed by atoms with Gasteiger partial charge in [-0.05, 0) is 55.1 Å². The number of halogens is 1. The number of amides is 1. The van der Waals surface area contributed by atoms with E-state index in [0.717, 1.165) is 33.5 Å². The van der Waals surface area contributed by atoms with E-state index in [1.54, 1.807) is 11.8 Å². The Balaban J connectivity index is 1.77. The highest BCUT2D eigenvalue weighted by Gasteiger charge is 2.14. The number of anilines is 1. The number of carbonyl (C=O) groups is 1. The van der Waals surface area contributed by atoms with Crippen molar-refractivity contribution in [2.75, 3.05) is 25.2 Å². The zero-order valence-corrected chi connectivity index (χ0v) is 18.2. The van der Waals surface area contributed by atoms with Crippen molar-refractivity contribution in [3.05, 3.63) is 69.0 Å². The Morgan fingerprint density at radius 1 is 1.21 bits per heavy atom. The van der Waals surface area contributed by atoms with Crippen molar-refractivity contribution in [3.8, 4) is 0 Å². The van der Waals surface area contributed by atoms with Gasteiger partial charge in [0.25, 0.3) is 0 Å². The number of para-hydroxylation sites is 1. The molecule has 0 atom stereocenters. The van der Waals surface area contributed by atoms with Gasteiger partial charge < -0.3 is 9.73 Å². The van der Waals surface area contributed by atoms with Crippen molar-refractivity contribution in [2.45, 2.75) is 24.8 Å². The minimum Gasteiger partial charge on any atom is -0.423 e. The summed E-state index contributed by atoms with van der Waals surface area (Å²) in [5.41, 5.74) is 2.60. The van der Waals surface area contributed by atoms with Crippen LogP contribution in [0.15, 0.2) is 56.6 Å². The molecule has 1 N–H and O–H groups in total. The van der Waals surface area contributed by atoms with Gasteiger partial charge in [-0.15, -0.1) is 11.8 Å². The second-order valence-electron chi connectivity index (χ2n) is 6.80. The average Bonchev–Trinajstić information content (AvgIpc) is 2.68. The van der Waals surface area contributed by atoms with E-state index in [0.29, 0.717) is 17.2 Å². The predicted octanol–water partition coefficient (Wildman–Crippen LogP) is 4.80. The Kier molecular flexibility index (Phi) is 7.00. The lowest BCUT2D eigenvalue weighted by Crippen LogP contribution is -2.30. The molecule has 7 heteroatoms. The molecule has 5 nitrogen and oxygen atoms in total. The van der Waals surface area contributed by atoms with Gasteiger partial charge in [0.05, 0.1) is 12.2 Å². The van der Waals surface area contributed by atoms with E-state index in [-0.39, 0.29) is 12.5 Å². The number of nitrogens with zero attached hydrogens (tertiary/aromatic N) is 1. The summed E-state index contributed by atoms with van der Waals surface area (Å²) in [6, 6.07) is 12.8. The summed E-state index contributed by atoms with van der Waals surface area (Å²) in [7, 11) is 1.84. The largest absolute Gasteiger partial charge is 0.423 e. The number of benzene rings is 2. The molecule has 3 aromatic rings. The van der Waals surface area contributed by atoms with Gasteiger partial charge in [0, 0.05) is 27.9 Å². The molecule has 1 heterocycles. The van der Waals surface area contributed by atoms with Crippen LogP contribution in [-0.2, 0) is 17.8 Å². The lowest BCUT2D eigenvalue weighted by atomic mass is 10.1. The van der Waals surface area contributed by atoms with Crippen LogP contribution in [-0.4, -0.2) is 30.7 Å². The first kappa shape index (κ1) is 21.4. The molecule has 0 saturated carbocycles. The van der Waals surface area contributed by atoms with E-state index in [4.69, 9.17) is 16.0 Å². The quantitative estimate of drug-likeness (QED) is 0.431. The molecule has 0 spiro atoms. The lowest BCUT2D eigenvalue weighted by molar-refractivity contribution is -0.117. The molecule has 0 bridgehead atoms. The van der Waals surface area contributed by atoms with Gasteiger partial charge in [-0.1, -0.05) is 30.7 Å². The lowest BCUT2D eigenvalue weighted by Gasteiger charge is -2.18. The van der Waals surface area contributed by atoms with E-state index < -0.39 is 5.63 Å². The zero-order valence-electron chi connectivity index (χ0n) is 16.6. The van der Waals surface area contributed by atoms with Crippen molar-refractivity contribution in [3.63, 3.8) is 0 Å². The second-order valence-corrected chi connectivity index (χ2v) is 8.06. The van der Waals surface area contributed by atoms with Crippen molar-refractivity contribution in [2.24, 2.45) is 0 Å². The first-order chi connectivity index (χ1) is 13.9. The van der Waals surface area contributed by atoms with Gasteiger partial charge >= 0.3 is 5.63 Å². The Bertz CT molecular complexity index is 1100. The molecular weight excluding hydrogens is 408 g/mol. The summed E-state index contributed by atoms with van der Waals surface area (Å²) in [6.07, 6.45) is 2.72. The summed E-state index contributed by atoms with van der Waals surface area (Å²) in [5, 5.41) is 4.37. The van der Waals surface area contributed by atoms with E-state index in [1.807, 2.05) is 61.5 Å². The van der Waals surface area contributed by atoms with Crippen molar-refractivity contribution in [1.82, 2.24) is 4.90 Å². The third-order valence-corrected chi connectivity index (χ3v) is 5.76. The summed E-state index contributed by atoms with van der Waals surface area (Å²) in [5.74, 6) is -0.118. The van der Waals surface area contributed by atoms with Crippen LogP contribution in [0, 0.1) is 0 Å². The zero-order chi connectivity index (χ0) is 21.0. The SMILES string of the molecule is CCc1cc2oc(=O)cc(CN(C)CC(=O)Nc3ccccc3SC)c2cc1Cl. The fraction of sp³-hybridized carbons (Fsp3) is 0.273. The van der Waals surface area contributed by atoms with Gasteiger partial charge in [0.2, 0.25) is 5.91 Å². The number of hydrogen-bond donors (Lipinski definition) is 1. The molecule has 2 aromatic carbocycles. The number of carbonyl (C=O) groups excluding carboxylic acids is 1. The molecule has 0 aliphatic heterocycles. The normalized spacial score (nSPS) is 11.2. The molecule has 3 rings (SSSR count). The number of rotatable bonds is 7. The van der Waals surface area contributed by atoms with Crippen LogP contribution in [0.5, 0.6) is 0 Å². The van der Waals surface area contributed by atoms with E-state index in [1.165, 1.54) is 6.07 Å². The molecule has 29 heavy (non-hydrogen) atoms. The Hall–Kier alpha value is -2.28. The van der Waals surface area contributed by atoms with Crippen LogP contribution in [0.4, 0.5) is 5.69 Å². The smallest absolute Gasteiger partial charge is 0.336 e. The molecular formula is C22H23ClN2O3S. The number of aryl methyl sites for hydroxylation is 1. The van der Waals surface area contributed by atoms with Gasteiger partial charge in [-0.2, -0.15) is 0 Å². The molecule has 0 fully saturated rings. The van der Waals surface area contributed by atoms with Crippen molar-refractivity contribution in [1.29, 1.82) is 0 Å². The molecule has 0 aliphatic carbocycles. The van der Waals surface area contributed by atoms with E-state index in [9.17, 15) is 9.59 Å². The number of nitrogens with one attached hydrogen (secondary N) is 1. The number of hydrogen-bond acceptors (Lipinski definition) is 5. The third kappa shape index (κ3) is 5.21. The molecule has 1 aromatic heterocycles.